The molecule has 0 unspecified atom stereocenters. The van der Waals surface area contributed by atoms with Crippen LogP contribution in [-0.4, -0.2) is 83.8 Å². The number of aliphatic hydroxyl groups excluding tert-OH is 1. The first-order valence-corrected chi connectivity index (χ1v) is 13.5. The number of rotatable bonds is 3. The van der Waals surface area contributed by atoms with Crippen LogP contribution in [0, 0.1) is 25.7 Å². The smallest absolute Gasteiger partial charge is 0.313 e. The van der Waals surface area contributed by atoms with E-state index in [9.17, 15) is 24.3 Å². The van der Waals surface area contributed by atoms with E-state index in [4.69, 9.17) is 9.47 Å². The Labute approximate surface area is 227 Å². The predicted octanol–water partition coefficient (Wildman–Crippen LogP) is 1.18. The summed E-state index contributed by atoms with van der Waals surface area (Å²) in [6.07, 6.45) is 6.55. The molecule has 4 aliphatic heterocycles. The molecule has 2 fully saturated rings. The maximum atomic E-state index is 14.6. The summed E-state index contributed by atoms with van der Waals surface area (Å²) < 4.78 is 12.0. The Kier molecular flexibility index (Phi) is 7.35. The highest BCUT2D eigenvalue weighted by atomic mass is 16.6. The molecular formula is C29H35N3O7. The van der Waals surface area contributed by atoms with Crippen molar-refractivity contribution in [2.24, 2.45) is 11.8 Å². The van der Waals surface area contributed by atoms with Gasteiger partial charge in [0.05, 0.1) is 25.2 Å². The van der Waals surface area contributed by atoms with E-state index in [0.717, 1.165) is 16.8 Å². The topological polar surface area (TPSA) is 125 Å². The number of aliphatic hydroxyl groups is 1. The highest BCUT2D eigenvalue weighted by molar-refractivity contribution is 6.06. The van der Waals surface area contributed by atoms with Gasteiger partial charge in [0, 0.05) is 25.2 Å². The van der Waals surface area contributed by atoms with E-state index in [0.29, 0.717) is 6.42 Å². The summed E-state index contributed by atoms with van der Waals surface area (Å²) in [6, 6.07) is 4.68. The van der Waals surface area contributed by atoms with Gasteiger partial charge in [-0.1, -0.05) is 42.5 Å². The number of likely N-dealkylation sites (tertiary alicyclic amines) is 1. The molecule has 5 bridgehead atoms. The van der Waals surface area contributed by atoms with E-state index in [1.165, 1.54) is 4.90 Å². The molecule has 0 radical (unpaired) electrons. The van der Waals surface area contributed by atoms with Crippen LogP contribution in [0.25, 0.3) is 0 Å². The lowest BCUT2D eigenvalue weighted by Gasteiger charge is -2.36. The average Bonchev–Trinajstić information content (AvgIpc) is 3.53. The molecule has 1 aromatic carbocycles. The lowest BCUT2D eigenvalue weighted by molar-refractivity contribution is -0.158. The number of allylic oxidation sites excluding steroid dienone is 1. The van der Waals surface area contributed by atoms with Crippen molar-refractivity contribution in [1.82, 2.24) is 10.2 Å². The molecule has 3 amide bonds. The van der Waals surface area contributed by atoms with Gasteiger partial charge in [-0.05, 0) is 38.3 Å². The molecule has 2 N–H and O–H groups in total. The van der Waals surface area contributed by atoms with Crippen LogP contribution in [0.3, 0.4) is 0 Å². The molecule has 0 aromatic heterocycles. The number of benzene rings is 1. The van der Waals surface area contributed by atoms with Crippen molar-refractivity contribution in [1.29, 1.82) is 0 Å². The average molecular weight is 538 g/mol. The van der Waals surface area contributed by atoms with Gasteiger partial charge in [-0.15, -0.1) is 0 Å². The Morgan fingerprint density at radius 3 is 2.56 bits per heavy atom. The molecule has 1 aromatic rings. The van der Waals surface area contributed by atoms with E-state index >= 15 is 0 Å². The lowest BCUT2D eigenvalue weighted by Crippen LogP contribution is -2.56. The maximum absolute atomic E-state index is 14.6. The molecule has 6 atom stereocenters. The zero-order valence-electron chi connectivity index (χ0n) is 22.5. The SMILES string of the molecule is Cc1cccc(C)c1N1C/C=C\CCC(=O)NC[C@@H](C)OC(=O)[C@@H]2[C@@H]3C=C[C@]4(O3)[C@H](C1=O)N(CCO)C(=O)[C@@H]24. The molecule has 4 aliphatic rings. The van der Waals surface area contributed by atoms with Crippen molar-refractivity contribution in [3.63, 3.8) is 0 Å². The van der Waals surface area contributed by atoms with Gasteiger partial charge < -0.3 is 29.7 Å². The Morgan fingerprint density at radius 1 is 1.10 bits per heavy atom. The second-order valence-corrected chi connectivity index (χ2v) is 10.7. The van der Waals surface area contributed by atoms with Gasteiger partial charge in [0.2, 0.25) is 11.8 Å². The Bertz CT molecular complexity index is 1220. The fraction of sp³-hybridized carbons (Fsp3) is 0.517. The number of nitrogens with zero attached hydrogens (tertiary/aromatic N) is 2. The molecule has 2 saturated heterocycles. The summed E-state index contributed by atoms with van der Waals surface area (Å²) in [5, 5.41) is 12.6. The maximum Gasteiger partial charge on any atom is 0.313 e. The Morgan fingerprint density at radius 2 is 1.85 bits per heavy atom. The van der Waals surface area contributed by atoms with Crippen LogP contribution in [0.4, 0.5) is 5.69 Å². The zero-order chi connectivity index (χ0) is 27.9. The molecule has 10 heteroatoms. The second-order valence-electron chi connectivity index (χ2n) is 10.7. The van der Waals surface area contributed by atoms with Gasteiger partial charge in [-0.2, -0.15) is 0 Å². The highest BCUT2D eigenvalue weighted by Gasteiger charge is 2.73. The lowest BCUT2D eigenvalue weighted by atomic mass is 9.74. The number of carbonyl (C=O) groups excluding carboxylic acids is 4. The first-order chi connectivity index (χ1) is 18.7. The van der Waals surface area contributed by atoms with Gasteiger partial charge in [0.15, 0.2) is 0 Å². The minimum atomic E-state index is -1.36. The minimum absolute atomic E-state index is 0.0734. The van der Waals surface area contributed by atoms with Crippen LogP contribution in [-0.2, 0) is 28.7 Å². The molecule has 1 spiro atoms. The fourth-order valence-electron chi connectivity index (χ4n) is 6.41. The second kappa shape index (κ2) is 10.6. The molecule has 5 rings (SSSR count). The van der Waals surface area contributed by atoms with E-state index < -0.39 is 47.6 Å². The van der Waals surface area contributed by atoms with Crippen molar-refractivity contribution < 1.29 is 33.8 Å². The van der Waals surface area contributed by atoms with Gasteiger partial charge in [-0.25, -0.2) is 0 Å². The highest BCUT2D eigenvalue weighted by Crippen LogP contribution is 2.55. The Balaban J connectivity index is 1.62. The third-order valence-corrected chi connectivity index (χ3v) is 8.09. The van der Waals surface area contributed by atoms with Crippen molar-refractivity contribution >= 4 is 29.4 Å². The summed E-state index contributed by atoms with van der Waals surface area (Å²) in [6.45, 7) is 5.45. The van der Waals surface area contributed by atoms with Gasteiger partial charge in [0.1, 0.15) is 23.7 Å². The number of fused-ring (bicyclic) bond motifs is 2. The van der Waals surface area contributed by atoms with Crippen LogP contribution < -0.4 is 10.2 Å². The third-order valence-electron chi connectivity index (χ3n) is 8.09. The third kappa shape index (κ3) is 4.55. The molecule has 0 saturated carbocycles. The molecule has 0 aliphatic carbocycles. The van der Waals surface area contributed by atoms with Crippen molar-refractivity contribution in [3.8, 4) is 0 Å². The van der Waals surface area contributed by atoms with Crippen LogP contribution in [0.1, 0.15) is 30.9 Å². The molecule has 4 heterocycles. The monoisotopic (exact) mass is 537 g/mol. The van der Waals surface area contributed by atoms with Gasteiger partial charge in [-0.3, -0.25) is 19.2 Å². The summed E-state index contributed by atoms with van der Waals surface area (Å²) >= 11 is 0. The summed E-state index contributed by atoms with van der Waals surface area (Å²) in [7, 11) is 0. The number of esters is 1. The molecular weight excluding hydrogens is 502 g/mol. The quantitative estimate of drug-likeness (QED) is 0.438. The fourth-order valence-corrected chi connectivity index (χ4v) is 6.41. The number of amides is 3. The number of aryl methyl sites for hydroxylation is 2. The summed E-state index contributed by atoms with van der Waals surface area (Å²) in [5.41, 5.74) is 1.13. The first-order valence-electron chi connectivity index (χ1n) is 13.5. The van der Waals surface area contributed by atoms with Crippen LogP contribution in [0.2, 0.25) is 0 Å². The van der Waals surface area contributed by atoms with Gasteiger partial charge in [0.25, 0.3) is 5.91 Å². The number of ether oxygens (including phenoxy) is 2. The van der Waals surface area contributed by atoms with Crippen LogP contribution in [0.15, 0.2) is 42.5 Å². The van der Waals surface area contributed by atoms with E-state index in [-0.39, 0.29) is 44.5 Å². The molecule has 10 nitrogen and oxygen atoms in total. The van der Waals surface area contributed by atoms with Crippen molar-refractivity contribution in [2.75, 3.05) is 31.1 Å². The number of nitrogens with one attached hydrogen (secondary N) is 1. The Hall–Kier alpha value is -3.50. The van der Waals surface area contributed by atoms with Gasteiger partial charge >= 0.3 is 5.97 Å². The number of carbonyl (C=O) groups is 4. The van der Waals surface area contributed by atoms with Crippen LogP contribution >= 0.6 is 0 Å². The van der Waals surface area contributed by atoms with Crippen LogP contribution in [0.5, 0.6) is 0 Å². The number of hydrogen-bond acceptors (Lipinski definition) is 7. The number of cyclic esters (lactones) is 1. The largest absolute Gasteiger partial charge is 0.460 e. The normalized spacial score (nSPS) is 33.8. The molecule has 208 valence electrons. The first kappa shape index (κ1) is 27.1. The van der Waals surface area contributed by atoms with Crippen molar-refractivity contribution in [2.45, 2.75) is 57.5 Å². The summed E-state index contributed by atoms with van der Waals surface area (Å²) in [5.74, 6) is -3.47. The number of β-amino-alcohol motifs (C(OH)–C–C–N with tert-alkyl or cyclic N) is 1. The van der Waals surface area contributed by atoms with E-state index in [2.05, 4.69) is 5.32 Å². The minimum Gasteiger partial charge on any atom is -0.460 e. The number of hydrogen-bond donors (Lipinski definition) is 2. The zero-order valence-corrected chi connectivity index (χ0v) is 22.5. The standard InChI is InChI=1S/C29H35N3O7/c1-17-8-7-9-18(2)24(17)31-13-6-4-5-10-21(34)30-16-19(3)38-28(37)22-20-11-12-29(39-20)23(22)26(35)32(14-15-33)25(29)27(31)36/h4,6-9,11-12,19-20,22-23,25,33H,5,10,13-16H2,1-3H3,(H,30,34)/b6-4-/t19-,20+,22-,23-,25+,29-/m1/s1. The predicted molar refractivity (Wildman–Crippen MR) is 142 cm³/mol. The van der Waals surface area contributed by atoms with E-state index in [1.54, 1.807) is 24.0 Å². The summed E-state index contributed by atoms with van der Waals surface area (Å²) in [4.78, 5) is 57.1. The van der Waals surface area contributed by atoms with Crippen molar-refractivity contribution in [3.05, 3.63) is 53.6 Å². The van der Waals surface area contributed by atoms with E-state index in [1.807, 2.05) is 44.2 Å². The number of anilines is 1. The molecule has 39 heavy (non-hydrogen) atoms. The number of para-hydroxylation sites is 1.